The molecule has 1 aliphatic heterocycles. The van der Waals surface area contributed by atoms with Crippen molar-refractivity contribution in [1.82, 2.24) is 14.1 Å². The number of benzene rings is 2. The molecule has 0 bridgehead atoms. The number of sulfonamides is 1. The highest BCUT2D eigenvalue weighted by molar-refractivity contribution is 7.89. The minimum Gasteiger partial charge on any atom is -0.485 e. The summed E-state index contributed by atoms with van der Waals surface area (Å²) in [6, 6.07) is 13.2. The fraction of sp³-hybridized carbons (Fsp3) is 0.407. The molecule has 5 rings (SSSR count). The van der Waals surface area contributed by atoms with Gasteiger partial charge in [-0.2, -0.15) is 14.1 Å². The third-order valence-corrected chi connectivity index (χ3v) is 9.82. The zero-order valence-corrected chi connectivity index (χ0v) is 22.9. The molecule has 1 aliphatic carbocycles. The predicted octanol–water partition coefficient (Wildman–Crippen LogP) is 4.00. The first kappa shape index (κ1) is 26.6. The number of rotatable bonds is 8. The summed E-state index contributed by atoms with van der Waals surface area (Å²) >= 11 is 6.16. The largest absolute Gasteiger partial charge is 0.485 e. The molecule has 1 aromatic heterocycles. The van der Waals surface area contributed by atoms with Crippen LogP contribution in [0.2, 0.25) is 5.02 Å². The smallest absolute Gasteiger partial charge is 0.316 e. The molecule has 0 amide bonds. The van der Waals surface area contributed by atoms with E-state index in [0.29, 0.717) is 42.6 Å². The summed E-state index contributed by atoms with van der Waals surface area (Å²) in [6.07, 6.45) is 3.32. The van der Waals surface area contributed by atoms with Gasteiger partial charge in [0, 0.05) is 36.6 Å². The fourth-order valence-corrected chi connectivity index (χ4v) is 6.20. The summed E-state index contributed by atoms with van der Waals surface area (Å²) in [5.41, 5.74) is 1.27. The Morgan fingerprint density at radius 3 is 2.37 bits per heavy atom. The highest BCUT2D eigenvalue weighted by Gasteiger charge is 2.45. The molecular formula is C27H30ClFN4O4S. The van der Waals surface area contributed by atoms with E-state index in [0.717, 1.165) is 18.4 Å². The third kappa shape index (κ3) is 5.17. The van der Waals surface area contributed by atoms with Gasteiger partial charge in [-0.3, -0.25) is 4.79 Å². The highest BCUT2D eigenvalue weighted by atomic mass is 35.5. The Bertz CT molecular complexity index is 1480. The van der Waals surface area contributed by atoms with Gasteiger partial charge in [0.1, 0.15) is 11.5 Å². The van der Waals surface area contributed by atoms with E-state index in [1.807, 2.05) is 4.90 Å². The van der Waals surface area contributed by atoms with Gasteiger partial charge >= 0.3 is 5.56 Å². The molecule has 2 aromatic carbocycles. The van der Waals surface area contributed by atoms with Crippen LogP contribution >= 0.6 is 11.6 Å². The van der Waals surface area contributed by atoms with Gasteiger partial charge in [-0.05, 0) is 62.6 Å². The Balaban J connectivity index is 1.46. The molecular weight excluding hydrogens is 531 g/mol. The summed E-state index contributed by atoms with van der Waals surface area (Å²) in [6.45, 7) is 4.99. The summed E-state index contributed by atoms with van der Waals surface area (Å²) in [4.78, 5) is 15.7. The minimum atomic E-state index is -3.37. The van der Waals surface area contributed by atoms with Crippen LogP contribution in [0, 0.1) is 5.82 Å². The van der Waals surface area contributed by atoms with Crippen LogP contribution in [-0.2, 0) is 15.4 Å². The fourth-order valence-electron chi connectivity index (χ4n) is 4.74. The molecule has 0 radical (unpaired) electrons. The monoisotopic (exact) mass is 560 g/mol. The number of nitrogens with zero attached hydrogens (tertiary/aromatic N) is 4. The van der Waals surface area contributed by atoms with Crippen molar-refractivity contribution in [1.29, 1.82) is 0 Å². The van der Waals surface area contributed by atoms with Gasteiger partial charge in [-0.1, -0.05) is 29.8 Å². The van der Waals surface area contributed by atoms with Gasteiger partial charge in [0.05, 0.1) is 23.7 Å². The zero-order valence-electron chi connectivity index (χ0n) is 21.3. The van der Waals surface area contributed by atoms with E-state index in [2.05, 4.69) is 5.10 Å². The minimum absolute atomic E-state index is 0.147. The van der Waals surface area contributed by atoms with Gasteiger partial charge < -0.3 is 9.64 Å². The SMILES string of the molecule is CC(C)S(=O)(=O)N1CCN(c2cnn(-c3cccc(Cl)c3)c(=O)c2OCC2(c3ccc(F)cc3)CC2)CC1. The van der Waals surface area contributed by atoms with Crippen molar-refractivity contribution in [2.75, 3.05) is 37.7 Å². The number of hydrogen-bond donors (Lipinski definition) is 0. The average Bonchev–Trinajstić information content (AvgIpc) is 3.69. The van der Waals surface area contributed by atoms with Crippen LogP contribution in [0.1, 0.15) is 32.3 Å². The second-order valence-electron chi connectivity index (χ2n) is 10.1. The van der Waals surface area contributed by atoms with Crippen molar-refractivity contribution < 1.29 is 17.5 Å². The topological polar surface area (TPSA) is 84.7 Å². The summed E-state index contributed by atoms with van der Waals surface area (Å²) < 4.78 is 47.8. The van der Waals surface area contributed by atoms with Crippen LogP contribution in [0.15, 0.2) is 59.5 Å². The van der Waals surface area contributed by atoms with Crippen LogP contribution in [-0.4, -0.2) is 60.5 Å². The Kier molecular flexibility index (Phi) is 7.23. The van der Waals surface area contributed by atoms with Gasteiger partial charge in [-0.25, -0.2) is 12.8 Å². The summed E-state index contributed by atoms with van der Waals surface area (Å²) in [5, 5.41) is 4.37. The lowest BCUT2D eigenvalue weighted by atomic mass is 9.97. The molecule has 1 saturated carbocycles. The van der Waals surface area contributed by atoms with Crippen molar-refractivity contribution in [2.24, 2.45) is 0 Å². The Labute approximate surface area is 226 Å². The first-order valence-electron chi connectivity index (χ1n) is 12.6. The maximum Gasteiger partial charge on any atom is 0.316 e. The molecule has 3 aromatic rings. The highest BCUT2D eigenvalue weighted by Crippen LogP contribution is 2.48. The van der Waals surface area contributed by atoms with Crippen LogP contribution in [0.3, 0.4) is 0 Å². The molecule has 2 heterocycles. The number of anilines is 1. The molecule has 1 saturated heterocycles. The van der Waals surface area contributed by atoms with Gasteiger partial charge in [-0.15, -0.1) is 0 Å². The Hall–Kier alpha value is -2.95. The maximum atomic E-state index is 13.7. The van der Waals surface area contributed by atoms with Gasteiger partial charge in [0.25, 0.3) is 0 Å². The molecule has 2 aliphatic rings. The quantitative estimate of drug-likeness (QED) is 0.414. The average molecular weight is 561 g/mol. The van der Waals surface area contributed by atoms with Crippen LogP contribution in [0.25, 0.3) is 5.69 Å². The number of ether oxygens (including phenoxy) is 1. The Morgan fingerprint density at radius 2 is 1.76 bits per heavy atom. The van der Waals surface area contributed by atoms with Gasteiger partial charge in [0.15, 0.2) is 0 Å². The molecule has 0 atom stereocenters. The number of piperazine rings is 1. The van der Waals surface area contributed by atoms with E-state index in [1.165, 1.54) is 21.1 Å². The normalized spacial score (nSPS) is 17.6. The lowest BCUT2D eigenvalue weighted by molar-refractivity contribution is 0.271. The third-order valence-electron chi connectivity index (χ3n) is 7.31. The first-order chi connectivity index (χ1) is 18.1. The molecule has 11 heteroatoms. The number of hydrogen-bond acceptors (Lipinski definition) is 6. The van der Waals surface area contributed by atoms with Crippen LogP contribution < -0.4 is 15.2 Å². The standard InChI is InChI=1S/C27H30ClFN4O4S/c1-19(2)38(35,36)32-14-12-31(13-15-32)24-17-30-33(23-5-3-4-21(28)16-23)26(34)25(24)37-18-27(10-11-27)20-6-8-22(29)9-7-20/h3-9,16-17,19H,10-15,18H2,1-2H3. The first-order valence-corrected chi connectivity index (χ1v) is 14.5. The molecule has 8 nitrogen and oxygen atoms in total. The molecule has 0 spiro atoms. The predicted molar refractivity (Wildman–Crippen MR) is 145 cm³/mol. The Morgan fingerprint density at radius 1 is 1.08 bits per heavy atom. The number of aromatic nitrogens is 2. The molecule has 0 N–H and O–H groups in total. The van der Waals surface area contributed by atoms with Crippen molar-refractivity contribution in [3.05, 3.63) is 81.5 Å². The molecule has 0 unspecified atom stereocenters. The summed E-state index contributed by atoms with van der Waals surface area (Å²) in [7, 11) is -3.37. The van der Waals surface area contributed by atoms with Crippen LogP contribution in [0.4, 0.5) is 10.1 Å². The lowest BCUT2D eigenvalue weighted by Gasteiger charge is -2.36. The number of halogens is 2. The second kappa shape index (κ2) is 10.3. The molecule has 38 heavy (non-hydrogen) atoms. The van der Waals surface area contributed by atoms with E-state index in [4.69, 9.17) is 16.3 Å². The van der Waals surface area contributed by atoms with Gasteiger partial charge in [0.2, 0.25) is 15.8 Å². The maximum absolute atomic E-state index is 13.7. The van der Waals surface area contributed by atoms with E-state index in [-0.39, 0.29) is 23.6 Å². The lowest BCUT2D eigenvalue weighted by Crippen LogP contribution is -2.50. The van der Waals surface area contributed by atoms with Crippen molar-refractivity contribution in [3.8, 4) is 11.4 Å². The van der Waals surface area contributed by atoms with Crippen molar-refractivity contribution >= 4 is 27.3 Å². The second-order valence-corrected chi connectivity index (χ2v) is 13.0. The van der Waals surface area contributed by atoms with Crippen molar-refractivity contribution in [2.45, 2.75) is 37.4 Å². The van der Waals surface area contributed by atoms with E-state index >= 15 is 0 Å². The van der Waals surface area contributed by atoms with E-state index in [9.17, 15) is 17.6 Å². The van der Waals surface area contributed by atoms with E-state index < -0.39 is 20.8 Å². The van der Waals surface area contributed by atoms with Crippen molar-refractivity contribution in [3.63, 3.8) is 0 Å². The van der Waals surface area contributed by atoms with E-state index in [1.54, 1.807) is 56.4 Å². The summed E-state index contributed by atoms with van der Waals surface area (Å²) in [5.74, 6) is -0.154. The van der Waals surface area contributed by atoms with Crippen LogP contribution in [0.5, 0.6) is 5.75 Å². The molecule has 2 fully saturated rings. The molecule has 202 valence electrons. The zero-order chi connectivity index (χ0) is 27.1.